The maximum absolute atomic E-state index is 2.22. The molecule has 0 aromatic heterocycles. The third-order valence-electron chi connectivity index (χ3n) is 3.30. The molecule has 0 spiro atoms. The zero-order valence-corrected chi connectivity index (χ0v) is 8.20. The Kier molecular flexibility index (Phi) is 1.22. The molecule has 0 atom stereocenters. The minimum Gasteiger partial charge on any atom is -0.116 e. The van der Waals surface area contributed by atoms with Crippen molar-refractivity contribution in [2.24, 2.45) is 0 Å². The lowest BCUT2D eigenvalue weighted by atomic mass is 9.70. The van der Waals surface area contributed by atoms with E-state index in [1.54, 1.807) is 0 Å². The third-order valence-corrected chi connectivity index (χ3v) is 3.30. The molecule has 1 heterocycles. The molecule has 0 saturated carbocycles. The fraction of sp³-hybridized carbons (Fsp3) is 0. The van der Waals surface area contributed by atoms with Crippen LogP contribution in [0.25, 0.3) is 21.8 Å². The predicted octanol–water partition coefficient (Wildman–Crippen LogP) is 3.25. The molecule has 2 aromatic carbocycles. The lowest BCUT2D eigenvalue weighted by Crippen LogP contribution is -1.87. The molecule has 0 saturated heterocycles. The van der Waals surface area contributed by atoms with Crippen LogP contribution < -0.4 is 0 Å². The molecule has 2 aromatic rings. The van der Waals surface area contributed by atoms with Gasteiger partial charge in [-0.15, -0.1) is 5.98 Å². The number of hydrogen-bond acceptors (Lipinski definition) is 0. The van der Waals surface area contributed by atoms with E-state index in [0.717, 1.165) is 0 Å². The van der Waals surface area contributed by atoms with Gasteiger partial charge in [-0.2, -0.15) is 0 Å². The van der Waals surface area contributed by atoms with Gasteiger partial charge >= 0.3 is 0 Å². The van der Waals surface area contributed by atoms with Crippen LogP contribution >= 0.6 is 0 Å². The molecule has 0 nitrogen and oxygen atoms in total. The summed E-state index contributed by atoms with van der Waals surface area (Å²) in [4.78, 5) is 0. The van der Waals surface area contributed by atoms with E-state index in [2.05, 4.69) is 55.7 Å². The second kappa shape index (κ2) is 2.43. The lowest BCUT2D eigenvalue weighted by molar-refractivity contribution is 1.70. The van der Waals surface area contributed by atoms with E-state index in [4.69, 9.17) is 0 Å². The molecule has 15 heavy (non-hydrogen) atoms. The standard InChI is InChI=1S/C14H8B/c1-3-9-4-2-6-12-13(9)10(5-1)11-7-8-15-14(11)12/h1-8H. The summed E-state index contributed by atoms with van der Waals surface area (Å²) < 4.78 is 0. The van der Waals surface area contributed by atoms with Crippen LogP contribution in [0, 0.1) is 0 Å². The zero-order valence-electron chi connectivity index (χ0n) is 8.20. The van der Waals surface area contributed by atoms with E-state index >= 15 is 0 Å². The van der Waals surface area contributed by atoms with Crippen molar-refractivity contribution in [2.45, 2.75) is 0 Å². The molecule has 1 aliphatic carbocycles. The Balaban J connectivity index is 2.26. The minimum atomic E-state index is 1.35. The number of allylic oxidation sites excluding steroid dienone is 2. The Hall–Kier alpha value is -1.76. The van der Waals surface area contributed by atoms with Gasteiger partial charge in [-0.25, -0.2) is 0 Å². The summed E-state index contributed by atoms with van der Waals surface area (Å²) in [5.41, 5.74) is 5.56. The average Bonchev–Trinajstić information content (AvgIpc) is 2.84. The molecule has 67 valence electrons. The molecule has 0 amide bonds. The Morgan fingerprint density at radius 1 is 0.867 bits per heavy atom. The van der Waals surface area contributed by atoms with Gasteiger partial charge in [0.05, 0.1) is 0 Å². The van der Waals surface area contributed by atoms with E-state index in [-0.39, 0.29) is 0 Å². The normalized spacial score (nSPS) is 16.0. The van der Waals surface area contributed by atoms with E-state index in [9.17, 15) is 0 Å². The molecule has 1 heteroatoms. The van der Waals surface area contributed by atoms with Gasteiger partial charge in [0.25, 0.3) is 0 Å². The maximum Gasteiger partial charge on any atom is 0.182 e. The monoisotopic (exact) mass is 187 g/mol. The summed E-state index contributed by atoms with van der Waals surface area (Å²) in [6.07, 6.45) is 2.21. The average molecular weight is 187 g/mol. The van der Waals surface area contributed by atoms with Crippen molar-refractivity contribution >= 4 is 29.1 Å². The van der Waals surface area contributed by atoms with Crippen LogP contribution in [0.3, 0.4) is 0 Å². The summed E-state index contributed by atoms with van der Waals surface area (Å²) in [7, 11) is 2.21. The van der Waals surface area contributed by atoms with Crippen molar-refractivity contribution in [1.29, 1.82) is 0 Å². The van der Waals surface area contributed by atoms with Gasteiger partial charge in [0, 0.05) is 0 Å². The first-order chi connectivity index (χ1) is 7.45. The van der Waals surface area contributed by atoms with Crippen molar-refractivity contribution in [3.8, 4) is 0 Å². The molecular weight excluding hydrogens is 179 g/mol. The molecule has 0 bridgehead atoms. The predicted molar refractivity (Wildman–Crippen MR) is 65.7 cm³/mol. The molecule has 0 N–H and O–H groups in total. The second-order valence-corrected chi connectivity index (χ2v) is 4.06. The second-order valence-electron chi connectivity index (χ2n) is 4.06. The van der Waals surface area contributed by atoms with Gasteiger partial charge in [0.1, 0.15) is 0 Å². The Labute approximate surface area is 89.2 Å². The summed E-state index contributed by atoms with van der Waals surface area (Å²) in [6.45, 7) is 0. The van der Waals surface area contributed by atoms with Crippen molar-refractivity contribution in [2.75, 3.05) is 0 Å². The van der Waals surface area contributed by atoms with E-state index in [1.165, 1.54) is 32.9 Å². The fourth-order valence-electron chi connectivity index (χ4n) is 2.68. The maximum atomic E-state index is 2.22. The highest BCUT2D eigenvalue weighted by Crippen LogP contribution is 2.43. The van der Waals surface area contributed by atoms with Gasteiger partial charge in [-0.05, 0) is 27.5 Å². The molecular formula is C14H8B. The van der Waals surface area contributed by atoms with Crippen LogP contribution in [0.5, 0.6) is 0 Å². The highest BCUT2D eigenvalue weighted by atomic mass is 14.2. The van der Waals surface area contributed by atoms with Crippen LogP contribution in [-0.4, -0.2) is 7.28 Å². The van der Waals surface area contributed by atoms with Crippen LogP contribution in [0.4, 0.5) is 0 Å². The van der Waals surface area contributed by atoms with Crippen molar-refractivity contribution in [3.05, 3.63) is 59.6 Å². The first-order valence-corrected chi connectivity index (χ1v) is 5.23. The quantitative estimate of drug-likeness (QED) is 0.555. The molecule has 1 radical (unpaired) electrons. The summed E-state index contributed by atoms with van der Waals surface area (Å²) >= 11 is 0. The smallest absolute Gasteiger partial charge is 0.116 e. The summed E-state index contributed by atoms with van der Waals surface area (Å²) in [5, 5.41) is 2.77. The largest absolute Gasteiger partial charge is 0.182 e. The van der Waals surface area contributed by atoms with E-state index < -0.39 is 0 Å². The Morgan fingerprint density at radius 3 is 2.53 bits per heavy atom. The first kappa shape index (κ1) is 7.53. The topological polar surface area (TPSA) is 0 Å². The zero-order chi connectivity index (χ0) is 9.83. The minimum absolute atomic E-state index is 1.35. The van der Waals surface area contributed by atoms with Crippen molar-refractivity contribution < 1.29 is 0 Å². The van der Waals surface area contributed by atoms with Gasteiger partial charge in [-0.1, -0.05) is 47.9 Å². The van der Waals surface area contributed by atoms with Crippen molar-refractivity contribution in [1.82, 2.24) is 0 Å². The number of benzene rings is 2. The van der Waals surface area contributed by atoms with Crippen molar-refractivity contribution in [3.63, 3.8) is 0 Å². The fourth-order valence-corrected chi connectivity index (χ4v) is 2.68. The molecule has 4 rings (SSSR count). The number of hydrogen-bond donors (Lipinski definition) is 0. The van der Waals surface area contributed by atoms with Gasteiger partial charge in [0.2, 0.25) is 0 Å². The van der Waals surface area contributed by atoms with Crippen LogP contribution in [0.2, 0.25) is 0 Å². The Morgan fingerprint density at radius 2 is 1.67 bits per heavy atom. The number of rotatable bonds is 0. The SMILES string of the molecule is [B]1C=CC2=C1c1cccc3cccc2c13. The number of fused-ring (bicyclic) bond motifs is 2. The molecule has 1 aliphatic heterocycles. The lowest BCUT2D eigenvalue weighted by Gasteiger charge is -2.03. The molecule has 0 unspecified atom stereocenters. The highest BCUT2D eigenvalue weighted by Gasteiger charge is 2.23. The third kappa shape index (κ3) is 0.794. The first-order valence-electron chi connectivity index (χ1n) is 5.23. The van der Waals surface area contributed by atoms with E-state index in [1.807, 2.05) is 0 Å². The van der Waals surface area contributed by atoms with Gasteiger partial charge in [-0.3, -0.25) is 0 Å². The van der Waals surface area contributed by atoms with Gasteiger partial charge in [0.15, 0.2) is 7.28 Å². The summed E-state index contributed by atoms with van der Waals surface area (Å²) in [6, 6.07) is 13.1. The van der Waals surface area contributed by atoms with Gasteiger partial charge < -0.3 is 0 Å². The Bertz CT molecular complexity index is 642. The van der Waals surface area contributed by atoms with Crippen LogP contribution in [-0.2, 0) is 0 Å². The van der Waals surface area contributed by atoms with Crippen LogP contribution in [0.1, 0.15) is 11.1 Å². The molecule has 2 aliphatic rings. The van der Waals surface area contributed by atoms with E-state index in [0.29, 0.717) is 0 Å². The highest BCUT2D eigenvalue weighted by molar-refractivity contribution is 6.72. The summed E-state index contributed by atoms with van der Waals surface area (Å²) in [5.74, 6) is 2.14. The van der Waals surface area contributed by atoms with Crippen LogP contribution in [0.15, 0.2) is 48.4 Å². The molecule has 0 fully saturated rings.